The van der Waals surface area contributed by atoms with Crippen LogP contribution in [0.25, 0.3) is 0 Å². The third-order valence-corrected chi connectivity index (χ3v) is 3.41. The van der Waals surface area contributed by atoms with Crippen molar-refractivity contribution in [3.05, 3.63) is 23.8 Å². The number of hydrogen-bond donors (Lipinski definition) is 3. The zero-order chi connectivity index (χ0) is 14.5. The lowest BCUT2D eigenvalue weighted by Gasteiger charge is -2.28. The number of carbonyl (C=O) groups is 1. The number of benzene rings is 1. The summed E-state index contributed by atoms with van der Waals surface area (Å²) in [6, 6.07) is 5.23. The molecule has 1 atom stereocenters. The summed E-state index contributed by atoms with van der Waals surface area (Å²) in [5, 5.41) is 9.50. The number of nitrogen functional groups attached to an aromatic ring is 1. The van der Waals surface area contributed by atoms with Crippen LogP contribution in [-0.2, 0) is 11.2 Å². The van der Waals surface area contributed by atoms with Gasteiger partial charge >= 0.3 is 5.97 Å². The Hall–Kier alpha value is -1.75. The fourth-order valence-corrected chi connectivity index (χ4v) is 2.31. The average molecular weight is 266 g/mol. The summed E-state index contributed by atoms with van der Waals surface area (Å²) in [7, 11) is 1.56. The molecular weight excluding hydrogens is 244 g/mol. The monoisotopic (exact) mass is 266 g/mol. The van der Waals surface area contributed by atoms with E-state index in [1.165, 1.54) is 0 Å². The maximum absolute atomic E-state index is 11.6. The largest absolute Gasteiger partial charge is 0.496 e. The minimum absolute atomic E-state index is 0.0914. The number of methoxy groups -OCH3 is 1. The van der Waals surface area contributed by atoms with Crippen LogP contribution in [0.2, 0.25) is 0 Å². The van der Waals surface area contributed by atoms with E-state index in [-0.39, 0.29) is 6.54 Å². The van der Waals surface area contributed by atoms with Crippen molar-refractivity contribution in [2.75, 3.05) is 19.4 Å². The fraction of sp³-hybridized carbons (Fsp3) is 0.500. The molecule has 0 radical (unpaired) electrons. The van der Waals surface area contributed by atoms with Crippen molar-refractivity contribution < 1.29 is 14.6 Å². The van der Waals surface area contributed by atoms with Gasteiger partial charge in [-0.1, -0.05) is 13.3 Å². The Bertz CT molecular complexity index is 448. The molecule has 0 aliphatic heterocycles. The Morgan fingerprint density at radius 3 is 2.63 bits per heavy atom. The molecule has 1 aromatic carbocycles. The van der Waals surface area contributed by atoms with Crippen LogP contribution in [0.15, 0.2) is 18.2 Å². The molecule has 19 heavy (non-hydrogen) atoms. The molecule has 0 aliphatic rings. The highest BCUT2D eigenvalue weighted by atomic mass is 16.5. The standard InChI is InChI=1S/C14H22N2O3/c1-3-6-14(9-15,13(17)18)8-10-7-11(16)4-5-12(10)19-2/h4-5,7H,3,6,8-9,15-16H2,1-2H3,(H,17,18). The molecule has 106 valence electrons. The van der Waals surface area contributed by atoms with Crippen LogP contribution in [0, 0.1) is 5.41 Å². The molecule has 0 aromatic heterocycles. The van der Waals surface area contributed by atoms with E-state index in [9.17, 15) is 9.90 Å². The first-order valence-electron chi connectivity index (χ1n) is 6.35. The third kappa shape index (κ3) is 3.38. The van der Waals surface area contributed by atoms with Crippen LogP contribution in [0.3, 0.4) is 0 Å². The second kappa shape index (κ2) is 6.43. The first kappa shape index (κ1) is 15.3. The normalized spacial score (nSPS) is 13.8. The molecule has 0 bridgehead atoms. The van der Waals surface area contributed by atoms with Crippen LogP contribution in [0.5, 0.6) is 5.75 Å². The first-order valence-corrected chi connectivity index (χ1v) is 6.35. The maximum atomic E-state index is 11.6. The molecule has 5 heteroatoms. The van der Waals surface area contributed by atoms with E-state index in [4.69, 9.17) is 16.2 Å². The van der Waals surface area contributed by atoms with E-state index < -0.39 is 11.4 Å². The molecule has 0 spiro atoms. The Balaban J connectivity index is 3.15. The molecule has 1 rings (SSSR count). The average Bonchev–Trinajstić information content (AvgIpc) is 2.38. The smallest absolute Gasteiger partial charge is 0.311 e. The fourth-order valence-electron chi connectivity index (χ4n) is 2.31. The highest BCUT2D eigenvalue weighted by Crippen LogP contribution is 2.33. The van der Waals surface area contributed by atoms with E-state index >= 15 is 0 Å². The lowest BCUT2D eigenvalue weighted by Crippen LogP contribution is -2.40. The Labute approximate surface area is 113 Å². The highest BCUT2D eigenvalue weighted by Gasteiger charge is 2.37. The molecule has 0 fully saturated rings. The van der Waals surface area contributed by atoms with Crippen molar-refractivity contribution in [1.82, 2.24) is 0 Å². The predicted octanol–water partition coefficient (Wildman–Crippen LogP) is 1.65. The Morgan fingerprint density at radius 2 is 2.16 bits per heavy atom. The Kier molecular flexibility index (Phi) is 5.18. The van der Waals surface area contributed by atoms with Gasteiger partial charge in [0.25, 0.3) is 0 Å². The molecule has 1 aromatic rings. The van der Waals surface area contributed by atoms with E-state index in [0.717, 1.165) is 12.0 Å². The summed E-state index contributed by atoms with van der Waals surface area (Å²) in [6.45, 7) is 2.04. The highest BCUT2D eigenvalue weighted by molar-refractivity contribution is 5.75. The molecule has 0 amide bonds. The minimum Gasteiger partial charge on any atom is -0.496 e. The van der Waals surface area contributed by atoms with Crippen molar-refractivity contribution in [3.8, 4) is 5.75 Å². The molecular formula is C14H22N2O3. The number of carboxylic acid groups (broad SMARTS) is 1. The maximum Gasteiger partial charge on any atom is 0.311 e. The number of ether oxygens (including phenoxy) is 1. The van der Waals surface area contributed by atoms with Crippen molar-refractivity contribution in [1.29, 1.82) is 0 Å². The summed E-state index contributed by atoms with van der Waals surface area (Å²) < 4.78 is 5.26. The van der Waals surface area contributed by atoms with Crippen molar-refractivity contribution in [2.24, 2.45) is 11.1 Å². The van der Waals surface area contributed by atoms with Crippen LogP contribution in [0.1, 0.15) is 25.3 Å². The number of carboxylic acids is 1. The van der Waals surface area contributed by atoms with E-state index in [1.807, 2.05) is 6.92 Å². The zero-order valence-electron chi connectivity index (χ0n) is 11.5. The number of aliphatic carboxylic acids is 1. The van der Waals surface area contributed by atoms with Crippen LogP contribution in [0.4, 0.5) is 5.69 Å². The van der Waals surface area contributed by atoms with Crippen LogP contribution >= 0.6 is 0 Å². The summed E-state index contributed by atoms with van der Waals surface area (Å²) in [5.74, 6) is -0.231. The van der Waals surface area contributed by atoms with Crippen molar-refractivity contribution in [3.63, 3.8) is 0 Å². The van der Waals surface area contributed by atoms with E-state index in [2.05, 4.69) is 0 Å². The lowest BCUT2D eigenvalue weighted by atomic mass is 9.77. The minimum atomic E-state index is -0.962. The summed E-state index contributed by atoms with van der Waals surface area (Å²) in [4.78, 5) is 11.6. The quantitative estimate of drug-likeness (QED) is 0.652. The van der Waals surface area contributed by atoms with Gasteiger partial charge in [-0.3, -0.25) is 4.79 Å². The molecule has 0 heterocycles. The first-order chi connectivity index (χ1) is 8.99. The SMILES string of the molecule is CCCC(CN)(Cc1cc(N)ccc1OC)C(=O)O. The predicted molar refractivity (Wildman–Crippen MR) is 75.1 cm³/mol. The summed E-state index contributed by atoms with van der Waals surface area (Å²) >= 11 is 0. The lowest BCUT2D eigenvalue weighted by molar-refractivity contribution is -0.148. The molecule has 0 saturated carbocycles. The van der Waals surface area contributed by atoms with E-state index in [0.29, 0.717) is 24.3 Å². The van der Waals surface area contributed by atoms with Crippen LogP contribution < -0.4 is 16.2 Å². The molecule has 0 saturated heterocycles. The van der Waals surface area contributed by atoms with Gasteiger partial charge in [-0.2, -0.15) is 0 Å². The van der Waals surface area contributed by atoms with Gasteiger partial charge in [0.05, 0.1) is 12.5 Å². The third-order valence-electron chi connectivity index (χ3n) is 3.41. The van der Waals surface area contributed by atoms with Gasteiger partial charge in [0.15, 0.2) is 0 Å². The molecule has 5 nitrogen and oxygen atoms in total. The number of nitrogens with two attached hydrogens (primary N) is 2. The van der Waals surface area contributed by atoms with Gasteiger partial charge in [0.2, 0.25) is 0 Å². The topological polar surface area (TPSA) is 98.6 Å². The number of hydrogen-bond acceptors (Lipinski definition) is 4. The summed E-state index contributed by atoms with van der Waals surface area (Å²) in [6.07, 6.45) is 1.60. The van der Waals surface area contributed by atoms with Gasteiger partial charge in [-0.25, -0.2) is 0 Å². The second-order valence-electron chi connectivity index (χ2n) is 4.79. The van der Waals surface area contributed by atoms with Gasteiger partial charge < -0.3 is 21.3 Å². The van der Waals surface area contributed by atoms with Gasteiger partial charge in [0, 0.05) is 12.2 Å². The number of anilines is 1. The second-order valence-corrected chi connectivity index (χ2v) is 4.79. The molecule has 0 aliphatic carbocycles. The zero-order valence-corrected chi connectivity index (χ0v) is 11.5. The van der Waals surface area contributed by atoms with Gasteiger partial charge in [-0.15, -0.1) is 0 Å². The van der Waals surface area contributed by atoms with Gasteiger partial charge in [-0.05, 0) is 36.6 Å². The van der Waals surface area contributed by atoms with Crippen molar-refractivity contribution in [2.45, 2.75) is 26.2 Å². The number of rotatable bonds is 7. The van der Waals surface area contributed by atoms with E-state index in [1.54, 1.807) is 25.3 Å². The Morgan fingerprint density at radius 1 is 1.47 bits per heavy atom. The molecule has 5 N–H and O–H groups in total. The summed E-state index contributed by atoms with van der Waals surface area (Å²) in [5.41, 5.74) is 11.9. The molecule has 1 unspecified atom stereocenters. The van der Waals surface area contributed by atoms with Crippen molar-refractivity contribution >= 4 is 11.7 Å². The van der Waals surface area contributed by atoms with Gasteiger partial charge in [0.1, 0.15) is 5.75 Å². The van der Waals surface area contributed by atoms with Crippen LogP contribution in [-0.4, -0.2) is 24.7 Å².